The number of hydrogen-bond donors (Lipinski definition) is 1. The number of carbonyl (C=O) groups excluding carboxylic acids is 1. The van der Waals surface area contributed by atoms with Crippen molar-refractivity contribution in [3.63, 3.8) is 0 Å². The topological polar surface area (TPSA) is 93.4 Å². The summed E-state index contributed by atoms with van der Waals surface area (Å²) in [5.41, 5.74) is 1.72. The van der Waals surface area contributed by atoms with Gasteiger partial charge in [-0.25, -0.2) is 18.5 Å². The van der Waals surface area contributed by atoms with E-state index in [-0.39, 0.29) is 25.4 Å². The molecule has 0 bridgehead atoms. The van der Waals surface area contributed by atoms with Crippen LogP contribution in [0.2, 0.25) is 0 Å². The summed E-state index contributed by atoms with van der Waals surface area (Å²) < 4.78 is 22.3. The van der Waals surface area contributed by atoms with E-state index in [0.717, 1.165) is 10.6 Å². The monoisotopic (exact) mass is 337 g/mol. The fourth-order valence-electron chi connectivity index (χ4n) is 2.22. The maximum atomic E-state index is 12.1. The quantitative estimate of drug-likeness (QED) is 0.895. The maximum absolute atomic E-state index is 12.1. The average molecular weight is 337 g/mol. The number of rotatable bonds is 4. The van der Waals surface area contributed by atoms with E-state index in [1.54, 1.807) is 0 Å². The summed E-state index contributed by atoms with van der Waals surface area (Å²) in [6, 6.07) is 9.75. The smallest absolute Gasteiger partial charge is 0.228 e. The molecule has 0 spiro atoms. The number of thiazole rings is 1. The fourth-order valence-corrected chi connectivity index (χ4v) is 3.82. The molecule has 0 saturated carbocycles. The molecule has 1 aromatic heterocycles. The van der Waals surface area contributed by atoms with E-state index in [9.17, 15) is 13.2 Å². The molecule has 0 aliphatic carbocycles. The highest BCUT2D eigenvalue weighted by molar-refractivity contribution is 7.89. The molecule has 22 heavy (non-hydrogen) atoms. The molecule has 0 radical (unpaired) electrons. The number of primary sulfonamides is 1. The molecule has 116 valence electrons. The molecule has 1 fully saturated rings. The highest BCUT2D eigenvalue weighted by atomic mass is 32.2. The van der Waals surface area contributed by atoms with Gasteiger partial charge in [-0.1, -0.05) is 30.3 Å². The first-order chi connectivity index (χ1) is 10.4. The van der Waals surface area contributed by atoms with Crippen LogP contribution in [-0.2, 0) is 21.2 Å². The third-order valence-electron chi connectivity index (χ3n) is 3.57. The van der Waals surface area contributed by atoms with Crippen LogP contribution in [0.1, 0.15) is 5.69 Å². The fraction of sp³-hybridized carbons (Fsp3) is 0.286. The highest BCUT2D eigenvalue weighted by Gasteiger charge is 2.37. The number of aromatic nitrogens is 1. The average Bonchev–Trinajstić information content (AvgIpc) is 2.84. The van der Waals surface area contributed by atoms with Gasteiger partial charge in [0.15, 0.2) is 0 Å². The number of nitrogens with zero attached hydrogens (tertiary/aromatic N) is 2. The molecular formula is C14H15N3O3S2. The number of carbonyl (C=O) groups is 1. The number of nitrogens with two attached hydrogens (primary N) is 1. The molecule has 1 saturated heterocycles. The van der Waals surface area contributed by atoms with Crippen LogP contribution >= 0.6 is 11.3 Å². The van der Waals surface area contributed by atoms with Crippen molar-refractivity contribution in [3.8, 4) is 10.6 Å². The first-order valence-corrected chi connectivity index (χ1v) is 9.21. The van der Waals surface area contributed by atoms with Crippen LogP contribution in [0.3, 0.4) is 0 Å². The minimum atomic E-state index is -3.54. The second-order valence-corrected chi connectivity index (χ2v) is 7.90. The Morgan fingerprint density at radius 3 is 2.64 bits per heavy atom. The summed E-state index contributed by atoms with van der Waals surface area (Å²) in [6.45, 7) is 0.348. The van der Waals surface area contributed by atoms with E-state index in [0.29, 0.717) is 5.69 Å². The Labute approximate surface area is 132 Å². The van der Waals surface area contributed by atoms with Gasteiger partial charge < -0.3 is 4.90 Å². The van der Waals surface area contributed by atoms with Crippen LogP contribution in [-0.4, -0.2) is 42.5 Å². The molecule has 1 aromatic carbocycles. The van der Waals surface area contributed by atoms with Crippen molar-refractivity contribution >= 4 is 27.3 Å². The van der Waals surface area contributed by atoms with Crippen molar-refractivity contribution in [3.05, 3.63) is 41.4 Å². The highest BCUT2D eigenvalue weighted by Crippen LogP contribution is 2.24. The van der Waals surface area contributed by atoms with Gasteiger partial charge in [0.25, 0.3) is 0 Å². The Morgan fingerprint density at radius 2 is 2.00 bits per heavy atom. The number of amides is 1. The van der Waals surface area contributed by atoms with Crippen LogP contribution in [0.5, 0.6) is 0 Å². The van der Waals surface area contributed by atoms with Gasteiger partial charge in [0.05, 0.1) is 12.1 Å². The van der Waals surface area contributed by atoms with Crippen LogP contribution in [0.4, 0.5) is 0 Å². The third-order valence-corrected chi connectivity index (χ3v) is 5.74. The first kappa shape index (κ1) is 15.1. The van der Waals surface area contributed by atoms with E-state index in [4.69, 9.17) is 5.14 Å². The van der Waals surface area contributed by atoms with Crippen molar-refractivity contribution in [2.75, 3.05) is 13.1 Å². The Balaban J connectivity index is 1.61. The second kappa shape index (κ2) is 5.79. The molecule has 6 nitrogen and oxygen atoms in total. The number of benzene rings is 1. The van der Waals surface area contributed by atoms with Crippen molar-refractivity contribution in [1.29, 1.82) is 0 Å². The van der Waals surface area contributed by atoms with Gasteiger partial charge in [-0.05, 0) is 0 Å². The van der Waals surface area contributed by atoms with Crippen molar-refractivity contribution in [2.24, 2.45) is 5.14 Å². The lowest BCUT2D eigenvalue weighted by molar-refractivity contribution is -0.133. The molecule has 0 atom stereocenters. The Bertz CT molecular complexity index is 781. The molecule has 2 heterocycles. The molecule has 1 aliphatic rings. The van der Waals surface area contributed by atoms with Crippen LogP contribution in [0, 0.1) is 0 Å². The summed E-state index contributed by atoms with van der Waals surface area (Å²) >= 11 is 1.49. The van der Waals surface area contributed by atoms with E-state index in [2.05, 4.69) is 4.98 Å². The molecule has 3 rings (SSSR count). The lowest BCUT2D eigenvalue weighted by atomic mass is 10.2. The van der Waals surface area contributed by atoms with Crippen LogP contribution in [0.15, 0.2) is 35.7 Å². The summed E-state index contributed by atoms with van der Waals surface area (Å²) in [5.74, 6) is -0.121. The van der Waals surface area contributed by atoms with E-state index in [1.165, 1.54) is 16.2 Å². The van der Waals surface area contributed by atoms with Gasteiger partial charge in [-0.15, -0.1) is 11.3 Å². The maximum Gasteiger partial charge on any atom is 0.228 e. The Kier molecular flexibility index (Phi) is 3.98. The number of hydrogen-bond acceptors (Lipinski definition) is 5. The normalized spacial score (nSPS) is 15.6. The summed E-state index contributed by atoms with van der Waals surface area (Å²) in [4.78, 5) is 18.0. The zero-order valence-corrected chi connectivity index (χ0v) is 13.3. The number of sulfonamides is 1. The summed E-state index contributed by atoms with van der Waals surface area (Å²) in [6.07, 6.45) is 0.181. The van der Waals surface area contributed by atoms with Gasteiger partial charge >= 0.3 is 0 Å². The summed E-state index contributed by atoms with van der Waals surface area (Å²) in [5, 5.41) is 7.14. The minimum Gasteiger partial charge on any atom is -0.340 e. The Hall–Kier alpha value is -1.77. The summed E-state index contributed by atoms with van der Waals surface area (Å²) in [7, 11) is -3.54. The van der Waals surface area contributed by atoms with Gasteiger partial charge in [0.2, 0.25) is 15.9 Å². The molecule has 2 N–H and O–H groups in total. The van der Waals surface area contributed by atoms with Crippen LogP contribution in [0.25, 0.3) is 10.6 Å². The van der Waals surface area contributed by atoms with Gasteiger partial charge in [-0.3, -0.25) is 4.79 Å². The lowest BCUT2D eigenvalue weighted by Gasteiger charge is -2.37. The molecule has 0 unspecified atom stereocenters. The predicted octanol–water partition coefficient (Wildman–Crippen LogP) is 0.852. The molecule has 1 amide bonds. The molecular weight excluding hydrogens is 322 g/mol. The SMILES string of the molecule is NS(=O)(=O)C1CN(C(=O)Cc2csc(-c3ccccc3)n2)C1. The second-order valence-electron chi connectivity index (χ2n) is 5.20. The van der Waals surface area contributed by atoms with Crippen molar-refractivity contribution in [1.82, 2.24) is 9.88 Å². The van der Waals surface area contributed by atoms with Crippen LogP contribution < -0.4 is 5.14 Å². The van der Waals surface area contributed by atoms with Crippen molar-refractivity contribution in [2.45, 2.75) is 11.7 Å². The van der Waals surface area contributed by atoms with E-state index < -0.39 is 15.3 Å². The predicted molar refractivity (Wildman–Crippen MR) is 84.7 cm³/mol. The van der Waals surface area contributed by atoms with E-state index in [1.807, 2.05) is 35.7 Å². The standard InChI is InChI=1S/C14H15N3O3S2/c15-22(19,20)12-7-17(8-12)13(18)6-11-9-21-14(16-11)10-4-2-1-3-5-10/h1-5,9,12H,6-8H2,(H2,15,19,20). The van der Waals surface area contributed by atoms with E-state index >= 15 is 0 Å². The third kappa shape index (κ3) is 3.18. The number of likely N-dealkylation sites (tertiary alicyclic amines) is 1. The zero-order chi connectivity index (χ0) is 15.7. The first-order valence-electron chi connectivity index (χ1n) is 6.72. The molecule has 1 aliphatic heterocycles. The van der Waals surface area contributed by atoms with Gasteiger partial charge in [0.1, 0.15) is 10.3 Å². The largest absolute Gasteiger partial charge is 0.340 e. The zero-order valence-electron chi connectivity index (χ0n) is 11.7. The van der Waals surface area contributed by atoms with Crippen molar-refractivity contribution < 1.29 is 13.2 Å². The van der Waals surface area contributed by atoms with Gasteiger partial charge in [-0.2, -0.15) is 0 Å². The Morgan fingerprint density at radius 1 is 1.32 bits per heavy atom. The molecule has 8 heteroatoms. The van der Waals surface area contributed by atoms with Gasteiger partial charge in [0, 0.05) is 24.0 Å². The lowest BCUT2D eigenvalue weighted by Crippen LogP contribution is -2.58. The minimum absolute atomic E-state index is 0.121. The molecule has 2 aromatic rings.